The monoisotopic (exact) mass is 326 g/mol. The van der Waals surface area contributed by atoms with Crippen LogP contribution in [0.2, 0.25) is 0 Å². The molecule has 0 heterocycles. The number of aryl methyl sites for hydroxylation is 1. The van der Waals surface area contributed by atoms with Gasteiger partial charge in [-0.05, 0) is 79.7 Å². The summed E-state index contributed by atoms with van der Waals surface area (Å²) in [4.78, 5) is 0. The topological polar surface area (TPSA) is 0 Å². The zero-order valence-electron chi connectivity index (χ0n) is 16.6. The summed E-state index contributed by atoms with van der Waals surface area (Å²) >= 11 is 0. The number of terminal acetylenes is 1. The van der Waals surface area contributed by atoms with Gasteiger partial charge in [0.05, 0.1) is 0 Å². The molecule has 0 amide bonds. The highest BCUT2D eigenvalue weighted by Gasteiger charge is 2.16. The van der Waals surface area contributed by atoms with E-state index < -0.39 is 0 Å². The SMILES string of the molecule is C#Cc1cc(CCCC)c(CCCC)c(CCCC)c1CCCC. The van der Waals surface area contributed by atoms with Crippen molar-refractivity contribution >= 4 is 0 Å². The van der Waals surface area contributed by atoms with Crippen molar-refractivity contribution in [3.8, 4) is 12.3 Å². The van der Waals surface area contributed by atoms with Crippen LogP contribution in [0.1, 0.15) is 107 Å². The molecule has 0 saturated heterocycles. The molecular weight excluding hydrogens is 288 g/mol. The van der Waals surface area contributed by atoms with Gasteiger partial charge >= 0.3 is 0 Å². The Kier molecular flexibility index (Phi) is 10.6. The Hall–Kier alpha value is -1.22. The number of unbranched alkanes of at least 4 members (excludes halogenated alkanes) is 4. The molecule has 0 aliphatic carbocycles. The van der Waals surface area contributed by atoms with Gasteiger partial charge in [0.1, 0.15) is 0 Å². The summed E-state index contributed by atoms with van der Waals surface area (Å²) in [5, 5.41) is 0. The van der Waals surface area contributed by atoms with E-state index in [1.54, 1.807) is 16.7 Å². The third-order valence-electron chi connectivity index (χ3n) is 5.06. The lowest BCUT2D eigenvalue weighted by Gasteiger charge is -2.21. The van der Waals surface area contributed by atoms with Crippen LogP contribution in [0.25, 0.3) is 0 Å². The van der Waals surface area contributed by atoms with Crippen LogP contribution >= 0.6 is 0 Å². The lowest BCUT2D eigenvalue weighted by molar-refractivity contribution is 0.717. The molecule has 0 spiro atoms. The maximum Gasteiger partial charge on any atom is 0.0280 e. The van der Waals surface area contributed by atoms with Gasteiger partial charge in [-0.1, -0.05) is 59.3 Å². The molecule has 1 rings (SSSR count). The van der Waals surface area contributed by atoms with Crippen LogP contribution in [-0.2, 0) is 25.7 Å². The molecule has 0 nitrogen and oxygen atoms in total. The van der Waals surface area contributed by atoms with Gasteiger partial charge in [0.15, 0.2) is 0 Å². The molecule has 0 saturated carbocycles. The minimum Gasteiger partial charge on any atom is -0.115 e. The Morgan fingerprint density at radius 2 is 1.12 bits per heavy atom. The molecule has 0 aromatic heterocycles. The average molecular weight is 327 g/mol. The van der Waals surface area contributed by atoms with Gasteiger partial charge in [-0.3, -0.25) is 0 Å². The second kappa shape index (κ2) is 12.2. The molecule has 1 aromatic carbocycles. The van der Waals surface area contributed by atoms with Crippen LogP contribution in [0.15, 0.2) is 6.07 Å². The van der Waals surface area contributed by atoms with Crippen molar-refractivity contribution in [2.75, 3.05) is 0 Å². The van der Waals surface area contributed by atoms with Crippen LogP contribution in [0.4, 0.5) is 0 Å². The molecule has 0 aliphatic rings. The second-order valence-electron chi connectivity index (χ2n) is 7.08. The second-order valence-corrected chi connectivity index (χ2v) is 7.08. The number of hydrogen-bond acceptors (Lipinski definition) is 0. The summed E-state index contributed by atoms with van der Waals surface area (Å²) in [5.74, 6) is 3.02. The van der Waals surface area contributed by atoms with Crippen molar-refractivity contribution in [2.24, 2.45) is 0 Å². The minimum atomic E-state index is 1.16. The first kappa shape index (κ1) is 20.8. The molecule has 0 N–H and O–H groups in total. The molecule has 1 aromatic rings. The first-order chi connectivity index (χ1) is 11.7. The quantitative estimate of drug-likeness (QED) is 0.361. The first-order valence-corrected chi connectivity index (χ1v) is 10.4. The molecule has 134 valence electrons. The van der Waals surface area contributed by atoms with Crippen molar-refractivity contribution in [1.29, 1.82) is 0 Å². The number of benzene rings is 1. The summed E-state index contributed by atoms with van der Waals surface area (Å²) < 4.78 is 0. The maximum atomic E-state index is 5.92. The van der Waals surface area contributed by atoms with Gasteiger partial charge in [-0.15, -0.1) is 6.42 Å². The Balaban J connectivity index is 3.39. The third-order valence-corrected chi connectivity index (χ3v) is 5.06. The Morgan fingerprint density at radius 3 is 1.62 bits per heavy atom. The molecule has 0 bridgehead atoms. The minimum absolute atomic E-state index is 1.16. The molecule has 0 fully saturated rings. The van der Waals surface area contributed by atoms with Crippen molar-refractivity contribution in [3.63, 3.8) is 0 Å². The van der Waals surface area contributed by atoms with Crippen LogP contribution < -0.4 is 0 Å². The summed E-state index contributed by atoms with van der Waals surface area (Å²) in [7, 11) is 0. The molecule has 0 atom stereocenters. The summed E-state index contributed by atoms with van der Waals surface area (Å²) in [5.41, 5.74) is 7.51. The molecule has 24 heavy (non-hydrogen) atoms. The van der Waals surface area contributed by atoms with E-state index in [9.17, 15) is 0 Å². The van der Waals surface area contributed by atoms with Crippen molar-refractivity contribution in [1.82, 2.24) is 0 Å². The fourth-order valence-electron chi connectivity index (χ4n) is 3.57. The van der Waals surface area contributed by atoms with E-state index in [1.807, 2.05) is 0 Å². The van der Waals surface area contributed by atoms with E-state index in [0.29, 0.717) is 0 Å². The standard InChI is InChI=1S/C24H38/c1-6-11-15-21-19-20(10-5)22(16-12-7-2)24(18-14-9-4)23(21)17-13-8-3/h5,19H,6-9,11-18H2,1-4H3. The van der Waals surface area contributed by atoms with Gasteiger partial charge in [0.25, 0.3) is 0 Å². The molecule has 0 heteroatoms. The van der Waals surface area contributed by atoms with E-state index in [-0.39, 0.29) is 0 Å². The predicted octanol–water partition coefficient (Wildman–Crippen LogP) is 7.04. The Bertz CT molecular complexity index is 516. The van der Waals surface area contributed by atoms with Crippen molar-refractivity contribution in [3.05, 3.63) is 33.9 Å². The van der Waals surface area contributed by atoms with Crippen LogP contribution in [0.3, 0.4) is 0 Å². The van der Waals surface area contributed by atoms with E-state index in [1.165, 1.54) is 81.8 Å². The van der Waals surface area contributed by atoms with Crippen molar-refractivity contribution in [2.45, 2.75) is 105 Å². The third kappa shape index (κ3) is 6.01. The van der Waals surface area contributed by atoms with E-state index >= 15 is 0 Å². The molecule has 0 unspecified atom stereocenters. The van der Waals surface area contributed by atoms with Gasteiger partial charge < -0.3 is 0 Å². The largest absolute Gasteiger partial charge is 0.115 e. The van der Waals surface area contributed by atoms with Crippen molar-refractivity contribution < 1.29 is 0 Å². The summed E-state index contributed by atoms with van der Waals surface area (Å²) in [6.45, 7) is 9.14. The van der Waals surface area contributed by atoms with E-state index in [4.69, 9.17) is 6.42 Å². The zero-order valence-corrected chi connectivity index (χ0v) is 16.6. The first-order valence-electron chi connectivity index (χ1n) is 10.4. The van der Waals surface area contributed by atoms with Gasteiger partial charge in [-0.25, -0.2) is 0 Å². The lowest BCUT2D eigenvalue weighted by atomic mass is 9.83. The van der Waals surface area contributed by atoms with E-state index in [0.717, 1.165) is 6.42 Å². The zero-order chi connectivity index (χ0) is 17.8. The Labute approximate surface area is 151 Å². The van der Waals surface area contributed by atoms with Crippen LogP contribution in [-0.4, -0.2) is 0 Å². The highest BCUT2D eigenvalue weighted by Crippen LogP contribution is 2.29. The lowest BCUT2D eigenvalue weighted by Crippen LogP contribution is -2.09. The number of hydrogen-bond donors (Lipinski definition) is 0. The smallest absolute Gasteiger partial charge is 0.0280 e. The number of rotatable bonds is 12. The fraction of sp³-hybridized carbons (Fsp3) is 0.667. The fourth-order valence-corrected chi connectivity index (χ4v) is 3.57. The highest BCUT2D eigenvalue weighted by molar-refractivity contribution is 5.52. The normalized spacial score (nSPS) is 10.8. The average Bonchev–Trinajstić information content (AvgIpc) is 2.61. The molecule has 0 aliphatic heterocycles. The molecular formula is C24H38. The predicted molar refractivity (Wildman–Crippen MR) is 109 cm³/mol. The summed E-state index contributed by atoms with van der Waals surface area (Å²) in [6.07, 6.45) is 20.8. The maximum absolute atomic E-state index is 5.92. The molecule has 0 radical (unpaired) electrons. The van der Waals surface area contributed by atoms with Crippen LogP contribution in [0, 0.1) is 12.3 Å². The van der Waals surface area contributed by atoms with Gasteiger partial charge in [0, 0.05) is 5.56 Å². The Morgan fingerprint density at radius 1 is 0.667 bits per heavy atom. The highest BCUT2D eigenvalue weighted by atomic mass is 14.2. The van der Waals surface area contributed by atoms with Gasteiger partial charge in [-0.2, -0.15) is 0 Å². The summed E-state index contributed by atoms with van der Waals surface area (Å²) in [6, 6.07) is 2.36. The van der Waals surface area contributed by atoms with E-state index in [2.05, 4.69) is 39.7 Å². The van der Waals surface area contributed by atoms with Crippen LogP contribution in [0.5, 0.6) is 0 Å². The van der Waals surface area contributed by atoms with Gasteiger partial charge in [0.2, 0.25) is 0 Å².